The topological polar surface area (TPSA) is 43.4 Å². The van der Waals surface area contributed by atoms with Crippen molar-refractivity contribution in [1.82, 2.24) is 0 Å². The van der Waals surface area contributed by atoms with Crippen LogP contribution in [0.4, 0.5) is 0 Å². The number of Topliss-reactive ketones (excluding diaryl/α,β-unsaturated/α-hetero) is 1. The van der Waals surface area contributed by atoms with Crippen molar-refractivity contribution in [1.29, 1.82) is 0 Å². The maximum atomic E-state index is 11.6. The van der Waals surface area contributed by atoms with E-state index in [0.717, 1.165) is 0 Å². The summed E-state index contributed by atoms with van der Waals surface area (Å²) in [6.45, 7) is 7.78. The summed E-state index contributed by atoms with van der Waals surface area (Å²) in [6.07, 6.45) is 0.928. The van der Waals surface area contributed by atoms with Crippen molar-refractivity contribution >= 4 is 11.8 Å². The standard InChI is InChI=1S/C11H20O3/c1-5-9(11(13)8(3)4)7-10(12)14-6-2/h8-9H,5-7H2,1-4H3. The molecule has 0 aliphatic rings. The number of carbonyl (C=O) groups is 2. The summed E-state index contributed by atoms with van der Waals surface area (Å²) in [6, 6.07) is 0. The molecule has 0 aromatic heterocycles. The lowest BCUT2D eigenvalue weighted by atomic mass is 9.90. The lowest BCUT2D eigenvalue weighted by Crippen LogP contribution is -2.23. The highest BCUT2D eigenvalue weighted by molar-refractivity contribution is 5.86. The summed E-state index contributed by atoms with van der Waals surface area (Å²) >= 11 is 0. The molecule has 0 aliphatic carbocycles. The second kappa shape index (κ2) is 6.57. The molecule has 0 saturated carbocycles. The zero-order valence-electron chi connectivity index (χ0n) is 9.50. The molecule has 1 unspecified atom stereocenters. The molecule has 0 fully saturated rings. The number of carbonyl (C=O) groups excluding carboxylic acids is 2. The second-order valence-electron chi connectivity index (χ2n) is 3.67. The molecule has 0 amide bonds. The van der Waals surface area contributed by atoms with E-state index in [1.54, 1.807) is 6.92 Å². The number of hydrogen-bond donors (Lipinski definition) is 0. The third kappa shape index (κ3) is 4.40. The maximum Gasteiger partial charge on any atom is 0.306 e. The Kier molecular flexibility index (Phi) is 6.17. The predicted molar refractivity (Wildman–Crippen MR) is 54.9 cm³/mol. The first-order chi connectivity index (χ1) is 6.52. The molecule has 0 heterocycles. The van der Waals surface area contributed by atoms with E-state index in [2.05, 4.69) is 0 Å². The van der Waals surface area contributed by atoms with Crippen LogP contribution in [0.1, 0.15) is 40.5 Å². The fourth-order valence-corrected chi connectivity index (χ4v) is 1.34. The van der Waals surface area contributed by atoms with E-state index in [4.69, 9.17) is 4.74 Å². The first-order valence-electron chi connectivity index (χ1n) is 5.22. The Morgan fingerprint density at radius 3 is 2.14 bits per heavy atom. The number of ketones is 1. The van der Waals surface area contributed by atoms with Gasteiger partial charge in [0.2, 0.25) is 0 Å². The minimum absolute atomic E-state index is 0.00521. The van der Waals surface area contributed by atoms with Gasteiger partial charge in [0.15, 0.2) is 0 Å². The van der Waals surface area contributed by atoms with E-state index >= 15 is 0 Å². The highest BCUT2D eigenvalue weighted by Crippen LogP contribution is 2.15. The fourth-order valence-electron chi connectivity index (χ4n) is 1.34. The molecule has 3 nitrogen and oxygen atoms in total. The van der Waals surface area contributed by atoms with E-state index in [0.29, 0.717) is 13.0 Å². The van der Waals surface area contributed by atoms with Crippen molar-refractivity contribution < 1.29 is 14.3 Å². The van der Waals surface area contributed by atoms with Crippen LogP contribution in [0.25, 0.3) is 0 Å². The normalized spacial score (nSPS) is 12.6. The van der Waals surface area contributed by atoms with Gasteiger partial charge >= 0.3 is 5.97 Å². The van der Waals surface area contributed by atoms with Gasteiger partial charge in [-0.05, 0) is 13.3 Å². The van der Waals surface area contributed by atoms with Gasteiger partial charge in [-0.2, -0.15) is 0 Å². The largest absolute Gasteiger partial charge is 0.466 e. The third-order valence-electron chi connectivity index (χ3n) is 2.18. The highest BCUT2D eigenvalue weighted by atomic mass is 16.5. The van der Waals surface area contributed by atoms with Crippen LogP contribution in [0.2, 0.25) is 0 Å². The van der Waals surface area contributed by atoms with Gasteiger partial charge in [0.25, 0.3) is 0 Å². The monoisotopic (exact) mass is 200 g/mol. The van der Waals surface area contributed by atoms with E-state index in [9.17, 15) is 9.59 Å². The number of hydrogen-bond acceptors (Lipinski definition) is 3. The summed E-state index contributed by atoms with van der Waals surface area (Å²) < 4.78 is 4.81. The molecule has 14 heavy (non-hydrogen) atoms. The Hall–Kier alpha value is -0.860. The molecule has 1 atom stereocenters. The minimum Gasteiger partial charge on any atom is -0.466 e. The number of esters is 1. The molecule has 82 valence electrons. The zero-order chi connectivity index (χ0) is 11.1. The van der Waals surface area contributed by atoms with Crippen molar-refractivity contribution in [2.75, 3.05) is 6.61 Å². The lowest BCUT2D eigenvalue weighted by molar-refractivity contribution is -0.146. The van der Waals surface area contributed by atoms with Gasteiger partial charge in [0, 0.05) is 11.8 Å². The second-order valence-corrected chi connectivity index (χ2v) is 3.67. The Morgan fingerprint density at radius 1 is 1.21 bits per heavy atom. The fraction of sp³-hybridized carbons (Fsp3) is 0.818. The first-order valence-corrected chi connectivity index (χ1v) is 5.22. The molecule has 0 N–H and O–H groups in total. The Balaban J connectivity index is 4.15. The van der Waals surface area contributed by atoms with Crippen LogP contribution in [0, 0.1) is 11.8 Å². The molecule has 0 rings (SSSR count). The quantitative estimate of drug-likeness (QED) is 0.617. The minimum atomic E-state index is -0.270. The first kappa shape index (κ1) is 13.1. The van der Waals surface area contributed by atoms with Crippen molar-refractivity contribution in [3.8, 4) is 0 Å². The number of rotatable bonds is 6. The SMILES string of the molecule is CCOC(=O)CC(CC)C(=O)C(C)C. The summed E-state index contributed by atoms with van der Waals surface area (Å²) in [4.78, 5) is 22.8. The molecule has 0 aromatic carbocycles. The molecule has 0 bridgehead atoms. The van der Waals surface area contributed by atoms with Crippen LogP contribution in [0.5, 0.6) is 0 Å². The molecule has 0 spiro atoms. The van der Waals surface area contributed by atoms with E-state index in [-0.39, 0.29) is 30.0 Å². The summed E-state index contributed by atoms with van der Waals surface area (Å²) in [5, 5.41) is 0. The van der Waals surface area contributed by atoms with Crippen LogP contribution < -0.4 is 0 Å². The Labute approximate surface area is 85.8 Å². The molecular formula is C11H20O3. The predicted octanol–water partition coefficient (Wildman–Crippen LogP) is 2.19. The molecule has 0 radical (unpaired) electrons. The Morgan fingerprint density at radius 2 is 1.79 bits per heavy atom. The van der Waals surface area contributed by atoms with Gasteiger partial charge in [-0.15, -0.1) is 0 Å². The summed E-state index contributed by atoms with van der Waals surface area (Å²) in [7, 11) is 0. The average molecular weight is 200 g/mol. The van der Waals surface area contributed by atoms with Crippen LogP contribution in [0.15, 0.2) is 0 Å². The van der Waals surface area contributed by atoms with Crippen LogP contribution in [-0.4, -0.2) is 18.4 Å². The van der Waals surface area contributed by atoms with Gasteiger partial charge in [-0.25, -0.2) is 0 Å². The van der Waals surface area contributed by atoms with Crippen LogP contribution in [-0.2, 0) is 14.3 Å². The zero-order valence-corrected chi connectivity index (χ0v) is 9.50. The summed E-state index contributed by atoms with van der Waals surface area (Å²) in [5.41, 5.74) is 0. The van der Waals surface area contributed by atoms with Gasteiger partial charge < -0.3 is 4.74 Å². The van der Waals surface area contributed by atoms with Crippen molar-refractivity contribution in [3.05, 3.63) is 0 Å². The molecule has 0 saturated heterocycles. The van der Waals surface area contributed by atoms with E-state index < -0.39 is 0 Å². The molecule has 3 heteroatoms. The molecule has 0 aromatic rings. The van der Waals surface area contributed by atoms with E-state index in [1.165, 1.54) is 0 Å². The molecule has 0 aliphatic heterocycles. The van der Waals surface area contributed by atoms with Crippen LogP contribution in [0.3, 0.4) is 0 Å². The third-order valence-corrected chi connectivity index (χ3v) is 2.18. The van der Waals surface area contributed by atoms with Gasteiger partial charge in [-0.1, -0.05) is 20.8 Å². The summed E-state index contributed by atoms with van der Waals surface area (Å²) in [5.74, 6) is -0.294. The maximum absolute atomic E-state index is 11.6. The van der Waals surface area contributed by atoms with Gasteiger partial charge in [-0.3, -0.25) is 9.59 Å². The highest BCUT2D eigenvalue weighted by Gasteiger charge is 2.22. The average Bonchev–Trinajstić information content (AvgIpc) is 2.13. The van der Waals surface area contributed by atoms with Gasteiger partial charge in [0.05, 0.1) is 13.0 Å². The smallest absolute Gasteiger partial charge is 0.306 e. The van der Waals surface area contributed by atoms with Crippen molar-refractivity contribution in [3.63, 3.8) is 0 Å². The van der Waals surface area contributed by atoms with Crippen molar-refractivity contribution in [2.24, 2.45) is 11.8 Å². The Bertz CT molecular complexity index is 197. The lowest BCUT2D eigenvalue weighted by Gasteiger charge is -2.14. The van der Waals surface area contributed by atoms with Crippen molar-refractivity contribution in [2.45, 2.75) is 40.5 Å². The van der Waals surface area contributed by atoms with E-state index in [1.807, 2.05) is 20.8 Å². The molecular weight excluding hydrogens is 180 g/mol. The number of ether oxygens (including phenoxy) is 1. The van der Waals surface area contributed by atoms with Gasteiger partial charge in [0.1, 0.15) is 5.78 Å². The van der Waals surface area contributed by atoms with Crippen LogP contribution >= 0.6 is 0 Å².